The predicted molar refractivity (Wildman–Crippen MR) is 49.8 cm³/mol. The van der Waals surface area contributed by atoms with E-state index in [2.05, 4.69) is 0 Å². The Morgan fingerprint density at radius 2 is 2.15 bits per heavy atom. The quantitative estimate of drug-likeness (QED) is 0.731. The van der Waals surface area contributed by atoms with Crippen LogP contribution in [0.1, 0.15) is 24.5 Å². The van der Waals surface area contributed by atoms with E-state index in [1.165, 1.54) is 0 Å². The van der Waals surface area contributed by atoms with Crippen molar-refractivity contribution >= 4 is 11.6 Å². The first kappa shape index (κ1) is 10.6. The SMILES string of the molecule is CCc1ccc(C(O)C(O)CCl)o1. The summed E-state index contributed by atoms with van der Waals surface area (Å²) in [5.41, 5.74) is 0. The summed E-state index contributed by atoms with van der Waals surface area (Å²) in [6.07, 6.45) is -1.24. The van der Waals surface area contributed by atoms with Gasteiger partial charge in [-0.05, 0) is 12.1 Å². The van der Waals surface area contributed by atoms with E-state index in [-0.39, 0.29) is 5.88 Å². The fraction of sp³-hybridized carbons (Fsp3) is 0.556. The Morgan fingerprint density at radius 1 is 1.46 bits per heavy atom. The highest BCUT2D eigenvalue weighted by Crippen LogP contribution is 2.20. The molecule has 13 heavy (non-hydrogen) atoms. The lowest BCUT2D eigenvalue weighted by Gasteiger charge is -2.12. The first-order valence-corrected chi connectivity index (χ1v) is 4.73. The molecule has 2 N–H and O–H groups in total. The van der Waals surface area contributed by atoms with Crippen LogP contribution in [0.5, 0.6) is 0 Å². The van der Waals surface area contributed by atoms with Crippen LogP contribution in [0.4, 0.5) is 0 Å². The van der Waals surface area contributed by atoms with Crippen molar-refractivity contribution in [2.24, 2.45) is 0 Å². The van der Waals surface area contributed by atoms with Crippen LogP contribution in [0.2, 0.25) is 0 Å². The van der Waals surface area contributed by atoms with E-state index in [4.69, 9.17) is 16.0 Å². The fourth-order valence-electron chi connectivity index (χ4n) is 1.02. The van der Waals surface area contributed by atoms with Crippen molar-refractivity contribution in [3.8, 4) is 0 Å². The topological polar surface area (TPSA) is 53.6 Å². The summed E-state index contributed by atoms with van der Waals surface area (Å²) in [6, 6.07) is 3.43. The molecule has 0 saturated carbocycles. The van der Waals surface area contributed by atoms with Gasteiger partial charge in [0.25, 0.3) is 0 Å². The van der Waals surface area contributed by atoms with Gasteiger partial charge in [0.1, 0.15) is 23.7 Å². The van der Waals surface area contributed by atoms with E-state index in [9.17, 15) is 10.2 Å². The molecule has 1 rings (SSSR count). The number of aliphatic hydroxyl groups is 2. The van der Waals surface area contributed by atoms with Crippen LogP contribution in [0.15, 0.2) is 16.5 Å². The highest BCUT2D eigenvalue weighted by atomic mass is 35.5. The molecule has 0 saturated heterocycles. The summed E-state index contributed by atoms with van der Waals surface area (Å²) >= 11 is 5.39. The van der Waals surface area contributed by atoms with Gasteiger partial charge in [-0.15, -0.1) is 11.6 Å². The van der Waals surface area contributed by atoms with E-state index in [1.54, 1.807) is 12.1 Å². The van der Waals surface area contributed by atoms with Crippen molar-refractivity contribution in [1.29, 1.82) is 0 Å². The van der Waals surface area contributed by atoms with E-state index in [1.807, 2.05) is 6.92 Å². The van der Waals surface area contributed by atoms with Crippen LogP contribution in [0.3, 0.4) is 0 Å². The van der Waals surface area contributed by atoms with E-state index in [0.29, 0.717) is 5.76 Å². The van der Waals surface area contributed by atoms with Crippen LogP contribution in [-0.2, 0) is 6.42 Å². The summed E-state index contributed by atoms with van der Waals surface area (Å²) in [5.74, 6) is 1.14. The summed E-state index contributed by atoms with van der Waals surface area (Å²) < 4.78 is 5.25. The fourth-order valence-corrected chi connectivity index (χ4v) is 1.19. The number of hydrogen-bond donors (Lipinski definition) is 2. The lowest BCUT2D eigenvalue weighted by molar-refractivity contribution is 0.0183. The van der Waals surface area contributed by atoms with Crippen LogP contribution in [0.25, 0.3) is 0 Å². The van der Waals surface area contributed by atoms with Crippen molar-refractivity contribution in [1.82, 2.24) is 0 Å². The molecular weight excluding hydrogens is 192 g/mol. The van der Waals surface area contributed by atoms with Gasteiger partial charge in [-0.1, -0.05) is 6.92 Å². The average Bonchev–Trinajstić information content (AvgIpc) is 2.63. The molecule has 4 heteroatoms. The molecule has 0 aromatic carbocycles. The van der Waals surface area contributed by atoms with Gasteiger partial charge in [-0.3, -0.25) is 0 Å². The Labute approximate surface area is 81.9 Å². The normalized spacial score (nSPS) is 15.7. The lowest BCUT2D eigenvalue weighted by atomic mass is 10.2. The summed E-state index contributed by atoms with van der Waals surface area (Å²) in [6.45, 7) is 1.95. The van der Waals surface area contributed by atoms with Crippen molar-refractivity contribution < 1.29 is 14.6 Å². The highest BCUT2D eigenvalue weighted by Gasteiger charge is 2.20. The molecule has 2 atom stereocenters. The summed E-state index contributed by atoms with van der Waals surface area (Å²) in [5, 5.41) is 18.7. The first-order valence-electron chi connectivity index (χ1n) is 4.19. The molecule has 3 nitrogen and oxygen atoms in total. The van der Waals surface area contributed by atoms with Gasteiger partial charge in [-0.25, -0.2) is 0 Å². The minimum absolute atomic E-state index is 0.0106. The average molecular weight is 205 g/mol. The molecule has 0 fully saturated rings. The van der Waals surface area contributed by atoms with Crippen molar-refractivity contribution in [3.63, 3.8) is 0 Å². The number of rotatable bonds is 4. The largest absolute Gasteiger partial charge is 0.463 e. The lowest BCUT2D eigenvalue weighted by Crippen LogP contribution is -2.19. The summed E-state index contributed by atoms with van der Waals surface area (Å²) in [7, 11) is 0. The standard InChI is InChI=1S/C9H13ClO3/c1-2-6-3-4-8(13-6)9(12)7(11)5-10/h3-4,7,9,11-12H,2,5H2,1H3. The number of alkyl halides is 1. The maximum Gasteiger partial charge on any atom is 0.139 e. The molecule has 0 spiro atoms. The van der Waals surface area contributed by atoms with Crippen molar-refractivity contribution in [3.05, 3.63) is 23.7 Å². The molecule has 2 unspecified atom stereocenters. The second-order valence-electron chi connectivity index (χ2n) is 2.82. The van der Waals surface area contributed by atoms with Gasteiger partial charge in [0.15, 0.2) is 0 Å². The van der Waals surface area contributed by atoms with Gasteiger partial charge in [-0.2, -0.15) is 0 Å². The van der Waals surface area contributed by atoms with Crippen LogP contribution < -0.4 is 0 Å². The third-order valence-electron chi connectivity index (χ3n) is 1.84. The molecule has 0 aliphatic rings. The Bertz CT molecular complexity index is 259. The molecule has 0 radical (unpaired) electrons. The predicted octanol–water partition coefficient (Wildman–Crippen LogP) is 1.48. The maximum absolute atomic E-state index is 9.47. The third kappa shape index (κ3) is 2.46. The number of furan rings is 1. The van der Waals surface area contributed by atoms with Crippen LogP contribution in [0, 0.1) is 0 Å². The molecule has 0 amide bonds. The Balaban J connectivity index is 2.70. The molecule has 1 heterocycles. The number of aryl methyl sites for hydroxylation is 1. The highest BCUT2D eigenvalue weighted by molar-refractivity contribution is 6.18. The molecule has 0 aliphatic carbocycles. The Kier molecular flexibility index (Phi) is 3.78. The van der Waals surface area contributed by atoms with Gasteiger partial charge in [0.2, 0.25) is 0 Å². The summed E-state index contributed by atoms with van der Waals surface area (Å²) in [4.78, 5) is 0. The monoisotopic (exact) mass is 204 g/mol. The maximum atomic E-state index is 9.47. The van der Waals surface area contributed by atoms with Gasteiger partial charge < -0.3 is 14.6 Å². The van der Waals surface area contributed by atoms with Gasteiger partial charge >= 0.3 is 0 Å². The molecular formula is C9H13ClO3. The molecule has 74 valence electrons. The minimum Gasteiger partial charge on any atom is -0.463 e. The zero-order valence-corrected chi connectivity index (χ0v) is 8.16. The van der Waals surface area contributed by atoms with E-state index < -0.39 is 12.2 Å². The second kappa shape index (κ2) is 4.65. The second-order valence-corrected chi connectivity index (χ2v) is 3.13. The molecule has 1 aromatic heterocycles. The zero-order chi connectivity index (χ0) is 9.84. The number of aliphatic hydroxyl groups excluding tert-OH is 2. The Hall–Kier alpha value is -0.510. The van der Waals surface area contributed by atoms with Crippen molar-refractivity contribution in [2.45, 2.75) is 25.6 Å². The van der Waals surface area contributed by atoms with Crippen LogP contribution >= 0.6 is 11.6 Å². The smallest absolute Gasteiger partial charge is 0.139 e. The first-order chi connectivity index (χ1) is 6.19. The molecule has 0 aliphatic heterocycles. The third-order valence-corrected chi connectivity index (χ3v) is 2.16. The zero-order valence-electron chi connectivity index (χ0n) is 7.40. The van der Waals surface area contributed by atoms with Gasteiger partial charge in [0, 0.05) is 6.42 Å². The van der Waals surface area contributed by atoms with Gasteiger partial charge in [0.05, 0.1) is 5.88 Å². The van der Waals surface area contributed by atoms with Crippen molar-refractivity contribution in [2.75, 3.05) is 5.88 Å². The van der Waals surface area contributed by atoms with Crippen LogP contribution in [-0.4, -0.2) is 22.2 Å². The number of halogens is 1. The Morgan fingerprint density at radius 3 is 2.62 bits per heavy atom. The molecule has 0 bridgehead atoms. The minimum atomic E-state index is -1.03. The van der Waals surface area contributed by atoms with E-state index in [0.717, 1.165) is 12.2 Å². The van der Waals surface area contributed by atoms with E-state index >= 15 is 0 Å². The molecule has 1 aromatic rings. The number of hydrogen-bond acceptors (Lipinski definition) is 3.